The Morgan fingerprint density at radius 3 is 2.71 bits per heavy atom. The molecule has 98 valence electrons. The molecule has 0 saturated carbocycles. The molecule has 0 aromatic heterocycles. The molecular weight excluding hydrogens is 208 g/mol. The number of hydrogen-bond donors (Lipinski definition) is 1. The van der Waals surface area contributed by atoms with Crippen molar-refractivity contribution in [1.82, 2.24) is 10.2 Å². The van der Waals surface area contributed by atoms with Crippen LogP contribution in [0.15, 0.2) is 0 Å². The highest BCUT2D eigenvalue weighted by molar-refractivity contribution is 4.93. The minimum Gasteiger partial charge on any atom is -0.309 e. The summed E-state index contributed by atoms with van der Waals surface area (Å²) in [6.45, 7) is 12.7. The first-order valence-corrected chi connectivity index (χ1v) is 6.89. The van der Waals surface area contributed by atoms with Gasteiger partial charge in [0.1, 0.15) is 0 Å². The number of piperazine rings is 1. The predicted molar refractivity (Wildman–Crippen MR) is 75.0 cm³/mol. The van der Waals surface area contributed by atoms with Gasteiger partial charge in [0, 0.05) is 31.1 Å². The van der Waals surface area contributed by atoms with Crippen LogP contribution in [-0.4, -0.2) is 36.1 Å². The van der Waals surface area contributed by atoms with Gasteiger partial charge in [0.15, 0.2) is 0 Å². The van der Waals surface area contributed by atoms with Gasteiger partial charge in [-0.05, 0) is 39.2 Å². The Hall–Kier alpha value is -0.520. The van der Waals surface area contributed by atoms with E-state index in [0.717, 1.165) is 25.9 Å². The number of hydrogen-bond acceptors (Lipinski definition) is 2. The van der Waals surface area contributed by atoms with Crippen molar-refractivity contribution < 1.29 is 0 Å². The third-order valence-electron chi connectivity index (χ3n) is 3.64. The molecule has 0 bridgehead atoms. The molecule has 0 aliphatic carbocycles. The summed E-state index contributed by atoms with van der Waals surface area (Å²) in [6, 6.07) is 0.675. The third-order valence-corrected chi connectivity index (χ3v) is 3.64. The van der Waals surface area contributed by atoms with E-state index in [-0.39, 0.29) is 5.54 Å². The Balaban J connectivity index is 2.47. The van der Waals surface area contributed by atoms with Crippen LogP contribution in [0.3, 0.4) is 0 Å². The standard InChI is InChI=1S/C15H28N2/c1-6-7-8-9-10-17-12-15(4,5)16-11-14(17)13(2)3/h1,13-14,16H,7-12H2,2-5H3. The van der Waals surface area contributed by atoms with Gasteiger partial charge in [0.05, 0.1) is 0 Å². The van der Waals surface area contributed by atoms with Crippen molar-refractivity contribution in [2.24, 2.45) is 5.92 Å². The van der Waals surface area contributed by atoms with Gasteiger partial charge in [-0.2, -0.15) is 0 Å². The van der Waals surface area contributed by atoms with Gasteiger partial charge >= 0.3 is 0 Å². The first kappa shape index (κ1) is 14.5. The van der Waals surface area contributed by atoms with Crippen molar-refractivity contribution in [2.45, 2.75) is 58.5 Å². The van der Waals surface area contributed by atoms with Crippen molar-refractivity contribution in [1.29, 1.82) is 0 Å². The maximum absolute atomic E-state index is 5.29. The molecule has 0 radical (unpaired) electrons. The molecule has 1 atom stereocenters. The van der Waals surface area contributed by atoms with E-state index in [1.165, 1.54) is 13.0 Å². The van der Waals surface area contributed by atoms with Crippen molar-refractivity contribution in [3.8, 4) is 12.3 Å². The largest absolute Gasteiger partial charge is 0.309 e. The lowest BCUT2D eigenvalue weighted by Crippen LogP contribution is -2.62. The summed E-state index contributed by atoms with van der Waals surface area (Å²) in [5, 5.41) is 3.65. The Morgan fingerprint density at radius 2 is 2.12 bits per heavy atom. The fourth-order valence-electron chi connectivity index (χ4n) is 2.64. The van der Waals surface area contributed by atoms with Crippen molar-refractivity contribution >= 4 is 0 Å². The van der Waals surface area contributed by atoms with Crippen LogP contribution in [0.4, 0.5) is 0 Å². The van der Waals surface area contributed by atoms with Gasteiger partial charge in [-0.3, -0.25) is 4.90 Å². The van der Waals surface area contributed by atoms with E-state index in [1.807, 2.05) is 0 Å². The third kappa shape index (κ3) is 4.69. The molecule has 17 heavy (non-hydrogen) atoms. The molecule has 0 aromatic rings. The summed E-state index contributed by atoms with van der Waals surface area (Å²) in [5.74, 6) is 3.44. The molecule has 1 fully saturated rings. The van der Waals surface area contributed by atoms with Crippen LogP contribution in [0, 0.1) is 18.3 Å². The summed E-state index contributed by atoms with van der Waals surface area (Å²) < 4.78 is 0. The van der Waals surface area contributed by atoms with Crippen molar-refractivity contribution in [2.75, 3.05) is 19.6 Å². The molecule has 2 nitrogen and oxygen atoms in total. The molecule has 1 saturated heterocycles. The van der Waals surface area contributed by atoms with Crippen LogP contribution in [0.2, 0.25) is 0 Å². The Morgan fingerprint density at radius 1 is 1.41 bits per heavy atom. The zero-order valence-corrected chi connectivity index (χ0v) is 11.9. The van der Waals surface area contributed by atoms with E-state index in [2.05, 4.69) is 43.8 Å². The second-order valence-corrected chi connectivity index (χ2v) is 6.21. The number of nitrogens with zero attached hydrogens (tertiary/aromatic N) is 1. The van der Waals surface area contributed by atoms with Gasteiger partial charge in [-0.15, -0.1) is 12.3 Å². The van der Waals surface area contributed by atoms with Crippen molar-refractivity contribution in [3.05, 3.63) is 0 Å². The second-order valence-electron chi connectivity index (χ2n) is 6.21. The zero-order chi connectivity index (χ0) is 12.9. The smallest absolute Gasteiger partial charge is 0.0252 e. The summed E-state index contributed by atoms with van der Waals surface area (Å²) in [7, 11) is 0. The quantitative estimate of drug-likeness (QED) is 0.583. The van der Waals surface area contributed by atoms with Crippen LogP contribution >= 0.6 is 0 Å². The number of terminal acetylenes is 1. The number of unbranched alkanes of at least 4 members (excludes halogenated alkanes) is 2. The maximum atomic E-state index is 5.29. The van der Waals surface area contributed by atoms with Crippen LogP contribution < -0.4 is 5.32 Å². The lowest BCUT2D eigenvalue weighted by atomic mass is 9.93. The Labute approximate surface area is 107 Å². The molecule has 1 N–H and O–H groups in total. The van der Waals surface area contributed by atoms with Crippen LogP contribution in [0.1, 0.15) is 47.0 Å². The molecule has 1 aliphatic heterocycles. The highest BCUT2D eigenvalue weighted by atomic mass is 15.2. The average molecular weight is 236 g/mol. The first-order valence-electron chi connectivity index (χ1n) is 6.89. The van der Waals surface area contributed by atoms with Crippen LogP contribution in [-0.2, 0) is 0 Å². The van der Waals surface area contributed by atoms with E-state index >= 15 is 0 Å². The molecule has 1 unspecified atom stereocenters. The van der Waals surface area contributed by atoms with Gasteiger partial charge in [0.2, 0.25) is 0 Å². The minimum atomic E-state index is 0.248. The maximum Gasteiger partial charge on any atom is 0.0252 e. The monoisotopic (exact) mass is 236 g/mol. The molecule has 1 rings (SSSR count). The highest BCUT2D eigenvalue weighted by Crippen LogP contribution is 2.20. The summed E-state index contributed by atoms with van der Waals surface area (Å²) >= 11 is 0. The molecule has 0 spiro atoms. The number of rotatable bonds is 5. The molecule has 0 aromatic carbocycles. The molecule has 1 heterocycles. The van der Waals surface area contributed by atoms with E-state index in [0.29, 0.717) is 12.0 Å². The van der Waals surface area contributed by atoms with Gasteiger partial charge in [-0.1, -0.05) is 13.8 Å². The lowest BCUT2D eigenvalue weighted by molar-refractivity contribution is 0.0680. The van der Waals surface area contributed by atoms with Gasteiger partial charge in [-0.25, -0.2) is 0 Å². The van der Waals surface area contributed by atoms with Crippen LogP contribution in [0.5, 0.6) is 0 Å². The molecule has 1 aliphatic rings. The van der Waals surface area contributed by atoms with Gasteiger partial charge < -0.3 is 5.32 Å². The van der Waals surface area contributed by atoms with Crippen molar-refractivity contribution in [3.63, 3.8) is 0 Å². The lowest BCUT2D eigenvalue weighted by Gasteiger charge is -2.46. The zero-order valence-electron chi connectivity index (χ0n) is 11.9. The number of nitrogens with one attached hydrogen (secondary N) is 1. The van der Waals surface area contributed by atoms with Gasteiger partial charge in [0.25, 0.3) is 0 Å². The molecule has 2 heteroatoms. The highest BCUT2D eigenvalue weighted by Gasteiger charge is 2.33. The van der Waals surface area contributed by atoms with E-state index in [4.69, 9.17) is 6.42 Å². The Bertz CT molecular complexity index is 263. The molecular formula is C15H28N2. The normalized spacial score (nSPS) is 24.8. The topological polar surface area (TPSA) is 15.3 Å². The Kier molecular flexibility index (Phi) is 5.49. The fraction of sp³-hybridized carbons (Fsp3) is 0.867. The predicted octanol–water partition coefficient (Wildman–Crippen LogP) is 2.50. The first-order chi connectivity index (χ1) is 7.96. The van der Waals surface area contributed by atoms with E-state index in [1.54, 1.807) is 0 Å². The van der Waals surface area contributed by atoms with E-state index in [9.17, 15) is 0 Å². The minimum absolute atomic E-state index is 0.248. The summed E-state index contributed by atoms with van der Waals surface area (Å²) in [4.78, 5) is 2.65. The SMILES string of the molecule is C#CCCCCN1CC(C)(C)NCC1C(C)C. The summed E-state index contributed by atoms with van der Waals surface area (Å²) in [5.41, 5.74) is 0.248. The summed E-state index contributed by atoms with van der Waals surface area (Å²) in [6.07, 6.45) is 8.60. The molecule has 0 amide bonds. The van der Waals surface area contributed by atoms with E-state index < -0.39 is 0 Å². The fourth-order valence-corrected chi connectivity index (χ4v) is 2.64. The second kappa shape index (κ2) is 6.42. The van der Waals surface area contributed by atoms with Crippen LogP contribution in [0.25, 0.3) is 0 Å². The average Bonchev–Trinajstić information content (AvgIpc) is 2.23.